The third-order valence-corrected chi connectivity index (χ3v) is 3.80. The van der Waals surface area contributed by atoms with Crippen LogP contribution in [0, 0.1) is 0 Å². The van der Waals surface area contributed by atoms with Gasteiger partial charge in [-0.2, -0.15) is 0 Å². The summed E-state index contributed by atoms with van der Waals surface area (Å²) in [5.74, 6) is 0.940. The van der Waals surface area contributed by atoms with Crippen molar-refractivity contribution in [3.63, 3.8) is 0 Å². The first-order valence-corrected chi connectivity index (χ1v) is 8.10. The Morgan fingerprint density at radius 2 is 1.77 bits per heavy atom. The second-order valence-electron chi connectivity index (χ2n) is 5.52. The number of nitrogens with one attached hydrogen (secondary N) is 1. The summed E-state index contributed by atoms with van der Waals surface area (Å²) in [4.78, 5) is 33.6. The lowest BCUT2D eigenvalue weighted by Gasteiger charge is -2.08. The van der Waals surface area contributed by atoms with Gasteiger partial charge in [-0.1, -0.05) is 12.1 Å². The van der Waals surface area contributed by atoms with E-state index in [-0.39, 0.29) is 5.91 Å². The minimum Gasteiger partial charge on any atom is -0.349 e. The number of imidazole rings is 1. The lowest BCUT2D eigenvalue weighted by molar-refractivity contribution is 0.0947. The summed E-state index contributed by atoms with van der Waals surface area (Å²) >= 11 is 0. The van der Waals surface area contributed by atoms with Gasteiger partial charge in [0.05, 0.1) is 17.2 Å². The van der Waals surface area contributed by atoms with E-state index in [1.54, 1.807) is 24.7 Å². The van der Waals surface area contributed by atoms with Crippen LogP contribution in [0.1, 0.15) is 10.5 Å². The normalized spacial score (nSPS) is 10.8. The molecule has 3 aromatic heterocycles. The van der Waals surface area contributed by atoms with E-state index in [0.717, 1.165) is 5.52 Å². The molecule has 0 aliphatic rings. The number of hydrogen-bond donors (Lipinski definition) is 1. The third-order valence-electron chi connectivity index (χ3n) is 3.80. The first kappa shape index (κ1) is 15.8. The Morgan fingerprint density at radius 1 is 0.962 bits per heavy atom. The number of amides is 1. The molecular weight excluding hydrogens is 330 g/mol. The average Bonchev–Trinajstić information content (AvgIpc) is 3.17. The van der Waals surface area contributed by atoms with Crippen LogP contribution in [0.4, 0.5) is 0 Å². The van der Waals surface area contributed by atoms with Crippen molar-refractivity contribution in [1.82, 2.24) is 34.8 Å². The summed E-state index contributed by atoms with van der Waals surface area (Å²) in [5, 5.41) is 2.85. The Bertz CT molecular complexity index is 1050. The molecule has 0 saturated carbocycles. The van der Waals surface area contributed by atoms with Gasteiger partial charge in [0.15, 0.2) is 11.6 Å². The van der Waals surface area contributed by atoms with Gasteiger partial charge in [0.25, 0.3) is 5.91 Å². The van der Waals surface area contributed by atoms with Crippen LogP contribution in [0.15, 0.2) is 61.3 Å². The number of hydrogen-bond acceptors (Lipinski definition) is 6. The van der Waals surface area contributed by atoms with Crippen molar-refractivity contribution < 1.29 is 4.79 Å². The summed E-state index contributed by atoms with van der Waals surface area (Å²) in [6, 6.07) is 9.19. The van der Waals surface area contributed by atoms with Gasteiger partial charge < -0.3 is 9.88 Å². The number of carbonyl (C=O) groups excluding carboxylic acids is 1. The first-order valence-electron chi connectivity index (χ1n) is 8.10. The lowest BCUT2D eigenvalue weighted by Crippen LogP contribution is -2.28. The van der Waals surface area contributed by atoms with Crippen molar-refractivity contribution in [3.8, 4) is 11.6 Å². The van der Waals surface area contributed by atoms with Gasteiger partial charge >= 0.3 is 0 Å². The number of para-hydroxylation sites is 2. The molecule has 0 aliphatic carbocycles. The molecule has 1 aromatic carbocycles. The molecule has 1 amide bonds. The largest absolute Gasteiger partial charge is 0.349 e. The summed E-state index contributed by atoms with van der Waals surface area (Å²) in [5.41, 5.74) is 1.74. The second-order valence-corrected chi connectivity index (χ2v) is 5.52. The zero-order chi connectivity index (χ0) is 17.8. The zero-order valence-corrected chi connectivity index (χ0v) is 13.8. The molecule has 0 bridgehead atoms. The standard InChI is InChI=1S/C18H15N7O/c26-18(15-12-23-13-4-1-2-5-14(13)24-15)22-9-11-25-10-8-21-17(25)16-19-6-3-7-20-16/h1-8,10,12H,9,11H2,(H,22,26). The van der Waals surface area contributed by atoms with E-state index in [2.05, 4.69) is 30.2 Å². The summed E-state index contributed by atoms with van der Waals surface area (Å²) in [6.45, 7) is 0.962. The van der Waals surface area contributed by atoms with Crippen LogP contribution in [-0.4, -0.2) is 41.9 Å². The first-order chi connectivity index (χ1) is 12.8. The van der Waals surface area contributed by atoms with Crippen LogP contribution in [0.3, 0.4) is 0 Å². The van der Waals surface area contributed by atoms with Crippen LogP contribution in [-0.2, 0) is 6.54 Å². The van der Waals surface area contributed by atoms with Crippen LogP contribution in [0.5, 0.6) is 0 Å². The highest BCUT2D eigenvalue weighted by molar-refractivity contribution is 5.93. The Balaban J connectivity index is 1.42. The molecule has 0 fully saturated rings. The van der Waals surface area contributed by atoms with Crippen LogP contribution < -0.4 is 5.32 Å². The minimum atomic E-state index is -0.263. The number of fused-ring (bicyclic) bond motifs is 1. The minimum absolute atomic E-state index is 0.263. The van der Waals surface area contributed by atoms with E-state index in [0.29, 0.717) is 35.9 Å². The Hall–Kier alpha value is -3.68. The molecule has 0 unspecified atom stereocenters. The third kappa shape index (κ3) is 3.25. The molecule has 0 atom stereocenters. The van der Waals surface area contributed by atoms with Gasteiger partial charge in [0.2, 0.25) is 0 Å². The highest BCUT2D eigenvalue weighted by atomic mass is 16.1. The van der Waals surface area contributed by atoms with Crippen molar-refractivity contribution in [3.05, 3.63) is 67.0 Å². The van der Waals surface area contributed by atoms with Gasteiger partial charge in [0, 0.05) is 37.9 Å². The van der Waals surface area contributed by atoms with Gasteiger partial charge in [-0.3, -0.25) is 9.78 Å². The number of nitrogens with zero attached hydrogens (tertiary/aromatic N) is 6. The van der Waals surface area contributed by atoms with E-state index >= 15 is 0 Å². The maximum Gasteiger partial charge on any atom is 0.271 e. The lowest BCUT2D eigenvalue weighted by atomic mass is 10.3. The molecule has 0 radical (unpaired) electrons. The number of rotatable bonds is 5. The monoisotopic (exact) mass is 345 g/mol. The fourth-order valence-corrected chi connectivity index (χ4v) is 2.56. The molecule has 1 N–H and O–H groups in total. The molecule has 4 rings (SSSR count). The molecule has 8 nitrogen and oxygen atoms in total. The zero-order valence-electron chi connectivity index (χ0n) is 13.8. The van der Waals surface area contributed by atoms with Crippen molar-refractivity contribution in [2.24, 2.45) is 0 Å². The van der Waals surface area contributed by atoms with Crippen LogP contribution in [0.2, 0.25) is 0 Å². The number of benzene rings is 1. The fraction of sp³-hybridized carbons (Fsp3) is 0.111. The Labute approximate surface area is 149 Å². The fourth-order valence-electron chi connectivity index (χ4n) is 2.56. The molecule has 0 saturated heterocycles. The molecular formula is C18H15N7O. The van der Waals surface area contributed by atoms with E-state index in [1.165, 1.54) is 6.20 Å². The average molecular weight is 345 g/mol. The molecule has 128 valence electrons. The maximum absolute atomic E-state index is 12.3. The summed E-state index contributed by atoms with van der Waals surface area (Å²) in [6.07, 6.45) is 8.33. The molecule has 3 heterocycles. The molecule has 0 aliphatic heterocycles. The van der Waals surface area contributed by atoms with E-state index in [1.807, 2.05) is 35.0 Å². The van der Waals surface area contributed by atoms with E-state index < -0.39 is 0 Å². The molecule has 8 heteroatoms. The van der Waals surface area contributed by atoms with Crippen molar-refractivity contribution in [2.45, 2.75) is 6.54 Å². The predicted molar refractivity (Wildman–Crippen MR) is 95.1 cm³/mol. The summed E-state index contributed by atoms with van der Waals surface area (Å²) < 4.78 is 1.89. The predicted octanol–water partition coefficient (Wildman–Crippen LogP) is 1.71. The number of aromatic nitrogens is 6. The van der Waals surface area contributed by atoms with Crippen molar-refractivity contribution in [1.29, 1.82) is 0 Å². The SMILES string of the molecule is O=C(NCCn1ccnc1-c1ncccn1)c1cnc2ccccc2n1. The van der Waals surface area contributed by atoms with Crippen molar-refractivity contribution in [2.75, 3.05) is 6.54 Å². The highest BCUT2D eigenvalue weighted by Crippen LogP contribution is 2.11. The molecule has 4 aromatic rings. The van der Waals surface area contributed by atoms with E-state index in [4.69, 9.17) is 0 Å². The van der Waals surface area contributed by atoms with Gasteiger partial charge in [0.1, 0.15) is 5.69 Å². The highest BCUT2D eigenvalue weighted by Gasteiger charge is 2.11. The molecule has 26 heavy (non-hydrogen) atoms. The Kier molecular flexibility index (Phi) is 4.29. The van der Waals surface area contributed by atoms with Crippen molar-refractivity contribution >= 4 is 16.9 Å². The van der Waals surface area contributed by atoms with Gasteiger partial charge in [-0.05, 0) is 18.2 Å². The topological polar surface area (TPSA) is 98.5 Å². The molecule has 0 spiro atoms. The quantitative estimate of drug-likeness (QED) is 0.591. The second kappa shape index (κ2) is 7.06. The van der Waals surface area contributed by atoms with Gasteiger partial charge in [-0.25, -0.2) is 19.9 Å². The number of carbonyl (C=O) groups is 1. The van der Waals surface area contributed by atoms with E-state index in [9.17, 15) is 4.79 Å². The van der Waals surface area contributed by atoms with Crippen LogP contribution >= 0.6 is 0 Å². The maximum atomic E-state index is 12.3. The van der Waals surface area contributed by atoms with Crippen LogP contribution in [0.25, 0.3) is 22.7 Å². The smallest absolute Gasteiger partial charge is 0.271 e. The van der Waals surface area contributed by atoms with Gasteiger partial charge in [-0.15, -0.1) is 0 Å². The Morgan fingerprint density at radius 3 is 2.62 bits per heavy atom. The summed E-state index contributed by atoms with van der Waals surface area (Å²) in [7, 11) is 0.